The smallest absolute Gasteiger partial charge is 0.336 e. The molecule has 3 rings (SSSR count). The predicted molar refractivity (Wildman–Crippen MR) is 122 cm³/mol. The molecule has 0 saturated heterocycles. The quantitative estimate of drug-likeness (QED) is 0.291. The number of carboxylic acid groups (broad SMARTS) is 1. The normalized spacial score (nSPS) is 21.4. The zero-order valence-electron chi connectivity index (χ0n) is 16.8. The molecule has 1 aromatic carbocycles. The third-order valence-electron chi connectivity index (χ3n) is 5.17. The summed E-state index contributed by atoms with van der Waals surface area (Å²) in [5.74, 6) is 0.157. The maximum Gasteiger partial charge on any atom is 0.336 e. The number of hydrogen-bond donors (Lipinski definition) is 2. The summed E-state index contributed by atoms with van der Waals surface area (Å²) in [6, 6.07) is 3.39. The summed E-state index contributed by atoms with van der Waals surface area (Å²) >= 11 is 8.78. The molecule has 0 spiro atoms. The summed E-state index contributed by atoms with van der Waals surface area (Å²) in [6.07, 6.45) is 2.56. The molecule has 9 heteroatoms. The van der Waals surface area contributed by atoms with E-state index in [0.29, 0.717) is 47.6 Å². The number of carboxylic acids is 1. The molecule has 0 aliphatic carbocycles. The number of fused-ring (bicyclic) bond motifs is 3. The Balaban J connectivity index is 2.00. The van der Waals surface area contributed by atoms with Gasteiger partial charge in [0.1, 0.15) is 24.2 Å². The standard InChI is InChI=1S/C21H25ClINO6/c1-12(9-23)17-11-30-19-8-20(29-5-3-4-28-2)15(22)6-13(19)16-7-18(25)14(21(26)27)10-24(16)17/h6-8,10,12,17-18,25H,3-5,9,11H2,1-2H3,(H,26,27). The summed E-state index contributed by atoms with van der Waals surface area (Å²) in [4.78, 5) is 13.5. The van der Waals surface area contributed by atoms with Gasteiger partial charge in [0.05, 0.1) is 28.9 Å². The number of benzene rings is 1. The van der Waals surface area contributed by atoms with Crippen LogP contribution in [0.1, 0.15) is 18.9 Å². The highest BCUT2D eigenvalue weighted by molar-refractivity contribution is 14.1. The fourth-order valence-corrected chi connectivity index (χ4v) is 4.26. The molecule has 2 aliphatic heterocycles. The molecule has 0 radical (unpaired) electrons. The van der Waals surface area contributed by atoms with Crippen LogP contribution in [0.25, 0.3) is 5.70 Å². The zero-order valence-corrected chi connectivity index (χ0v) is 19.7. The summed E-state index contributed by atoms with van der Waals surface area (Å²) < 4.78 is 17.8. The number of hydrogen-bond acceptors (Lipinski definition) is 6. The molecular formula is C21H25ClINO6. The van der Waals surface area contributed by atoms with E-state index in [-0.39, 0.29) is 17.5 Å². The summed E-state index contributed by atoms with van der Waals surface area (Å²) in [7, 11) is 1.64. The van der Waals surface area contributed by atoms with E-state index in [1.165, 1.54) is 6.20 Å². The predicted octanol–water partition coefficient (Wildman–Crippen LogP) is 3.57. The summed E-state index contributed by atoms with van der Waals surface area (Å²) in [6.45, 7) is 3.50. The molecule has 164 valence electrons. The van der Waals surface area contributed by atoms with Gasteiger partial charge in [0.25, 0.3) is 0 Å². The van der Waals surface area contributed by atoms with Crippen LogP contribution in [0.15, 0.2) is 30.0 Å². The molecule has 30 heavy (non-hydrogen) atoms. The highest BCUT2D eigenvalue weighted by Gasteiger charge is 2.36. The number of aliphatic carboxylic acids is 1. The number of aliphatic hydroxyl groups excluding tert-OH is 1. The van der Waals surface area contributed by atoms with Gasteiger partial charge in [-0.15, -0.1) is 0 Å². The van der Waals surface area contributed by atoms with Crippen LogP contribution in [-0.2, 0) is 9.53 Å². The lowest BCUT2D eigenvalue weighted by Crippen LogP contribution is -2.41. The Morgan fingerprint density at radius 2 is 2.20 bits per heavy atom. The topological polar surface area (TPSA) is 88.5 Å². The number of methoxy groups -OCH3 is 1. The average Bonchev–Trinajstić information content (AvgIpc) is 2.86. The average molecular weight is 550 g/mol. The van der Waals surface area contributed by atoms with Crippen molar-refractivity contribution in [1.29, 1.82) is 0 Å². The van der Waals surface area contributed by atoms with Crippen LogP contribution in [0.5, 0.6) is 11.5 Å². The first-order valence-electron chi connectivity index (χ1n) is 9.65. The molecule has 2 N–H and O–H groups in total. The maximum atomic E-state index is 11.6. The van der Waals surface area contributed by atoms with Crippen molar-refractivity contribution in [2.75, 3.05) is 31.4 Å². The fourth-order valence-electron chi connectivity index (χ4n) is 3.45. The summed E-state index contributed by atoms with van der Waals surface area (Å²) in [5, 5.41) is 20.3. The molecule has 0 amide bonds. The van der Waals surface area contributed by atoms with Gasteiger partial charge in [-0.3, -0.25) is 0 Å². The first-order valence-corrected chi connectivity index (χ1v) is 11.5. The second-order valence-electron chi connectivity index (χ2n) is 7.28. The van der Waals surface area contributed by atoms with E-state index in [4.69, 9.17) is 25.8 Å². The van der Waals surface area contributed by atoms with Crippen molar-refractivity contribution >= 4 is 45.9 Å². The maximum absolute atomic E-state index is 11.6. The number of nitrogens with zero attached hydrogens (tertiary/aromatic N) is 1. The van der Waals surface area contributed by atoms with Crippen LogP contribution < -0.4 is 9.47 Å². The van der Waals surface area contributed by atoms with E-state index in [0.717, 1.165) is 10.8 Å². The molecule has 2 aliphatic rings. The van der Waals surface area contributed by atoms with Crippen LogP contribution in [0.2, 0.25) is 5.02 Å². The van der Waals surface area contributed by atoms with Crippen LogP contribution in [-0.4, -0.2) is 64.6 Å². The van der Waals surface area contributed by atoms with Gasteiger partial charge in [-0.25, -0.2) is 4.79 Å². The third kappa shape index (κ3) is 4.87. The van der Waals surface area contributed by atoms with Crippen LogP contribution >= 0.6 is 34.2 Å². The first kappa shape index (κ1) is 23.2. The minimum Gasteiger partial charge on any atom is -0.492 e. The van der Waals surface area contributed by atoms with Gasteiger partial charge in [-0.1, -0.05) is 41.1 Å². The molecule has 3 unspecified atom stereocenters. The number of halogens is 2. The van der Waals surface area contributed by atoms with Gasteiger partial charge in [0.2, 0.25) is 0 Å². The van der Waals surface area contributed by atoms with Gasteiger partial charge in [0, 0.05) is 42.4 Å². The molecule has 0 fully saturated rings. The second-order valence-corrected chi connectivity index (χ2v) is 8.57. The van der Waals surface area contributed by atoms with Crippen molar-refractivity contribution in [3.8, 4) is 11.5 Å². The Hall–Kier alpha value is -1.49. The van der Waals surface area contributed by atoms with Crippen LogP contribution in [0.4, 0.5) is 0 Å². The molecule has 1 aromatic rings. The van der Waals surface area contributed by atoms with E-state index in [9.17, 15) is 15.0 Å². The zero-order chi connectivity index (χ0) is 21.8. The molecular weight excluding hydrogens is 525 g/mol. The number of rotatable bonds is 8. The van der Waals surface area contributed by atoms with Crippen molar-refractivity contribution < 1.29 is 29.2 Å². The van der Waals surface area contributed by atoms with Crippen molar-refractivity contribution in [3.63, 3.8) is 0 Å². The van der Waals surface area contributed by atoms with E-state index < -0.39 is 12.1 Å². The largest absolute Gasteiger partial charge is 0.492 e. The molecule has 3 atom stereocenters. The Kier molecular flexibility index (Phi) is 7.89. The lowest BCUT2D eigenvalue weighted by molar-refractivity contribution is -0.133. The van der Waals surface area contributed by atoms with Crippen LogP contribution in [0, 0.1) is 5.92 Å². The highest BCUT2D eigenvalue weighted by atomic mass is 127. The fraction of sp³-hybridized carbons (Fsp3) is 0.476. The number of alkyl halides is 1. The minimum absolute atomic E-state index is 0.0722. The number of ether oxygens (including phenoxy) is 3. The van der Waals surface area contributed by atoms with Crippen molar-refractivity contribution in [3.05, 3.63) is 40.6 Å². The SMILES string of the molecule is COCCCOc1cc2c(cc1Cl)C1=CC(O)C(C(=O)O)=CN1C(C(C)CI)CO2. The molecule has 0 aromatic heterocycles. The van der Waals surface area contributed by atoms with Crippen molar-refractivity contribution in [2.24, 2.45) is 5.92 Å². The number of carbonyl (C=O) groups is 1. The lowest BCUT2D eigenvalue weighted by Gasteiger charge is -2.36. The Labute approximate surface area is 194 Å². The molecule has 7 nitrogen and oxygen atoms in total. The van der Waals surface area contributed by atoms with E-state index >= 15 is 0 Å². The lowest BCUT2D eigenvalue weighted by atomic mass is 9.96. The molecule has 0 saturated carbocycles. The highest BCUT2D eigenvalue weighted by Crippen LogP contribution is 2.43. The van der Waals surface area contributed by atoms with Gasteiger partial charge in [-0.2, -0.15) is 0 Å². The van der Waals surface area contributed by atoms with E-state index in [1.54, 1.807) is 25.3 Å². The third-order valence-corrected chi connectivity index (χ3v) is 6.85. The monoisotopic (exact) mass is 549 g/mol. The Morgan fingerprint density at radius 3 is 2.87 bits per heavy atom. The van der Waals surface area contributed by atoms with Gasteiger partial charge in [-0.05, 0) is 18.1 Å². The van der Waals surface area contributed by atoms with Crippen molar-refractivity contribution in [2.45, 2.75) is 25.5 Å². The Morgan fingerprint density at radius 1 is 1.43 bits per heavy atom. The van der Waals surface area contributed by atoms with Gasteiger partial charge < -0.3 is 29.3 Å². The van der Waals surface area contributed by atoms with Crippen LogP contribution in [0.3, 0.4) is 0 Å². The Bertz CT molecular complexity index is 858. The molecule has 0 bridgehead atoms. The van der Waals surface area contributed by atoms with Gasteiger partial charge >= 0.3 is 5.97 Å². The first-order chi connectivity index (χ1) is 14.4. The molecule has 2 heterocycles. The van der Waals surface area contributed by atoms with Gasteiger partial charge in [0.15, 0.2) is 0 Å². The second kappa shape index (κ2) is 10.2. The van der Waals surface area contributed by atoms with Crippen molar-refractivity contribution in [1.82, 2.24) is 4.90 Å². The minimum atomic E-state index is -1.22. The van der Waals surface area contributed by atoms with E-state index in [2.05, 4.69) is 29.5 Å². The summed E-state index contributed by atoms with van der Waals surface area (Å²) in [5.41, 5.74) is 1.29. The number of aliphatic hydroxyl groups is 1. The van der Waals surface area contributed by atoms with E-state index in [1.807, 2.05) is 4.90 Å².